The number of sulfonamides is 1. The van der Waals surface area contributed by atoms with E-state index in [1.165, 1.54) is 4.90 Å². The van der Waals surface area contributed by atoms with E-state index < -0.39 is 38.7 Å². The smallest absolute Gasteiger partial charge is 0.352 e. The van der Waals surface area contributed by atoms with Crippen molar-refractivity contribution >= 4 is 22.0 Å². The van der Waals surface area contributed by atoms with Crippen molar-refractivity contribution in [3.05, 3.63) is 29.8 Å². The molecule has 0 spiro atoms. The molecule has 2 unspecified atom stereocenters. The molecule has 1 aromatic carbocycles. The fraction of sp³-hybridized carbons (Fsp3) is 0.556. The van der Waals surface area contributed by atoms with Crippen LogP contribution in [0.3, 0.4) is 0 Å². The molecular formula is C18H25F3N4O4S. The molecule has 168 valence electrons. The largest absolute Gasteiger partial charge is 0.416 e. The van der Waals surface area contributed by atoms with Gasteiger partial charge in [0, 0.05) is 26.2 Å². The fourth-order valence-corrected chi connectivity index (χ4v) is 4.63. The topological polar surface area (TPSA) is 113 Å². The van der Waals surface area contributed by atoms with Gasteiger partial charge in [-0.25, -0.2) is 13.2 Å². The highest BCUT2D eigenvalue weighted by molar-refractivity contribution is 7.89. The summed E-state index contributed by atoms with van der Waals surface area (Å²) in [7, 11) is -4.15. The Hall–Kier alpha value is -2.34. The Balaban J connectivity index is 2.12. The average molecular weight is 450 g/mol. The lowest BCUT2D eigenvalue weighted by atomic mass is 9.97. The second-order valence-corrected chi connectivity index (χ2v) is 9.06. The molecule has 0 saturated carbocycles. The Morgan fingerprint density at radius 2 is 1.80 bits per heavy atom. The standard InChI is InChI=1S/C18H25F3N4O4S/c1-3-12(2)15(23-17(22)27)16(26)24-7-9-25(10-8-24)30(28,29)14-6-4-5-13(11-14)18(19,20)21/h4-6,11-12,15H,3,7-10H2,1-2H3,(H3,22,23,27). The third-order valence-electron chi connectivity index (χ3n) is 5.13. The summed E-state index contributed by atoms with van der Waals surface area (Å²) in [6.45, 7) is 3.58. The maximum absolute atomic E-state index is 12.9. The van der Waals surface area contributed by atoms with Gasteiger partial charge in [-0.1, -0.05) is 26.3 Å². The molecule has 0 radical (unpaired) electrons. The third kappa shape index (κ3) is 5.42. The van der Waals surface area contributed by atoms with E-state index in [0.29, 0.717) is 12.5 Å². The minimum atomic E-state index is -4.66. The first-order chi connectivity index (χ1) is 13.9. The zero-order chi connectivity index (χ0) is 22.7. The van der Waals surface area contributed by atoms with Crippen molar-refractivity contribution in [1.82, 2.24) is 14.5 Å². The summed E-state index contributed by atoms with van der Waals surface area (Å²) in [6, 6.07) is 1.89. The highest BCUT2D eigenvalue weighted by Gasteiger charge is 2.36. The summed E-state index contributed by atoms with van der Waals surface area (Å²) in [5.74, 6) is -0.559. The minimum absolute atomic E-state index is 0.0460. The van der Waals surface area contributed by atoms with E-state index in [2.05, 4.69) is 5.32 Å². The maximum Gasteiger partial charge on any atom is 0.416 e. The molecule has 1 heterocycles. The molecule has 0 bridgehead atoms. The molecule has 1 aliphatic rings. The number of nitrogens with one attached hydrogen (secondary N) is 1. The maximum atomic E-state index is 12.9. The van der Waals surface area contributed by atoms with Gasteiger partial charge in [-0.3, -0.25) is 4.79 Å². The molecule has 30 heavy (non-hydrogen) atoms. The normalized spacial score (nSPS) is 18.0. The van der Waals surface area contributed by atoms with Crippen LogP contribution in [0.1, 0.15) is 25.8 Å². The molecule has 12 heteroatoms. The van der Waals surface area contributed by atoms with Gasteiger partial charge >= 0.3 is 12.2 Å². The number of hydrogen-bond donors (Lipinski definition) is 2. The summed E-state index contributed by atoms with van der Waals surface area (Å²) in [5.41, 5.74) is 4.10. The molecule has 3 N–H and O–H groups in total. The quantitative estimate of drug-likeness (QED) is 0.686. The van der Waals surface area contributed by atoms with E-state index in [1.54, 1.807) is 6.92 Å². The number of nitrogens with zero attached hydrogens (tertiary/aromatic N) is 2. The Morgan fingerprint density at radius 3 is 2.30 bits per heavy atom. The van der Waals surface area contributed by atoms with Crippen LogP contribution in [0.15, 0.2) is 29.2 Å². The number of urea groups is 1. The van der Waals surface area contributed by atoms with Crippen LogP contribution in [0.4, 0.5) is 18.0 Å². The highest BCUT2D eigenvalue weighted by atomic mass is 32.2. The molecule has 1 fully saturated rings. The predicted octanol–water partition coefficient (Wildman–Crippen LogP) is 1.62. The molecule has 1 aliphatic heterocycles. The number of nitrogens with two attached hydrogens (primary N) is 1. The van der Waals surface area contributed by atoms with Crippen molar-refractivity contribution in [1.29, 1.82) is 0 Å². The Labute approximate surface area is 173 Å². The molecule has 3 amide bonds. The summed E-state index contributed by atoms with van der Waals surface area (Å²) in [5, 5.41) is 2.42. The van der Waals surface area contributed by atoms with E-state index in [4.69, 9.17) is 5.73 Å². The Kier molecular flexibility index (Phi) is 7.35. The van der Waals surface area contributed by atoms with Crippen LogP contribution in [0.25, 0.3) is 0 Å². The van der Waals surface area contributed by atoms with Crippen molar-refractivity contribution < 1.29 is 31.2 Å². The first-order valence-electron chi connectivity index (χ1n) is 9.40. The number of benzene rings is 1. The number of rotatable bonds is 6. The van der Waals surface area contributed by atoms with Crippen molar-refractivity contribution in [2.24, 2.45) is 11.7 Å². The first kappa shape index (κ1) is 23.9. The average Bonchev–Trinajstić information content (AvgIpc) is 2.70. The van der Waals surface area contributed by atoms with Gasteiger partial charge in [0.05, 0.1) is 10.5 Å². The number of piperazine rings is 1. The number of carbonyl (C=O) groups excluding carboxylic acids is 2. The van der Waals surface area contributed by atoms with E-state index in [1.807, 2.05) is 6.92 Å². The molecule has 2 rings (SSSR count). The number of alkyl halides is 3. The molecule has 0 aliphatic carbocycles. The van der Waals surface area contributed by atoms with Crippen LogP contribution < -0.4 is 11.1 Å². The number of primary amides is 1. The summed E-state index contributed by atoms with van der Waals surface area (Å²) < 4.78 is 65.3. The van der Waals surface area contributed by atoms with Crippen LogP contribution in [0.5, 0.6) is 0 Å². The van der Waals surface area contributed by atoms with E-state index in [9.17, 15) is 31.2 Å². The summed E-state index contributed by atoms with van der Waals surface area (Å²) in [6.07, 6.45) is -4.05. The van der Waals surface area contributed by atoms with Crippen molar-refractivity contribution in [2.75, 3.05) is 26.2 Å². The van der Waals surface area contributed by atoms with Gasteiger partial charge in [-0.2, -0.15) is 17.5 Å². The molecule has 8 nitrogen and oxygen atoms in total. The van der Waals surface area contributed by atoms with E-state index in [0.717, 1.165) is 22.5 Å². The van der Waals surface area contributed by atoms with Crippen molar-refractivity contribution in [2.45, 2.75) is 37.4 Å². The van der Waals surface area contributed by atoms with Crippen LogP contribution in [-0.4, -0.2) is 61.8 Å². The van der Waals surface area contributed by atoms with Gasteiger partial charge in [-0.05, 0) is 24.1 Å². The molecule has 1 saturated heterocycles. The molecule has 2 atom stereocenters. The van der Waals surface area contributed by atoms with Crippen LogP contribution in [-0.2, 0) is 21.0 Å². The molecular weight excluding hydrogens is 425 g/mol. The van der Waals surface area contributed by atoms with Crippen molar-refractivity contribution in [3.63, 3.8) is 0 Å². The van der Waals surface area contributed by atoms with Gasteiger partial charge in [-0.15, -0.1) is 0 Å². The van der Waals surface area contributed by atoms with E-state index in [-0.39, 0.29) is 38.0 Å². The highest BCUT2D eigenvalue weighted by Crippen LogP contribution is 2.31. The lowest BCUT2D eigenvalue weighted by molar-refractivity contribution is -0.138. The second-order valence-electron chi connectivity index (χ2n) is 7.13. The first-order valence-corrected chi connectivity index (χ1v) is 10.8. The number of amides is 3. The van der Waals surface area contributed by atoms with Gasteiger partial charge in [0.2, 0.25) is 15.9 Å². The third-order valence-corrected chi connectivity index (χ3v) is 7.02. The zero-order valence-corrected chi connectivity index (χ0v) is 17.5. The van der Waals surface area contributed by atoms with Crippen molar-refractivity contribution in [3.8, 4) is 0 Å². The van der Waals surface area contributed by atoms with Crippen LogP contribution >= 0.6 is 0 Å². The van der Waals surface area contributed by atoms with Gasteiger partial charge in [0.15, 0.2) is 0 Å². The van der Waals surface area contributed by atoms with Crippen LogP contribution in [0, 0.1) is 5.92 Å². The SMILES string of the molecule is CCC(C)C(NC(N)=O)C(=O)N1CCN(S(=O)(=O)c2cccc(C(F)(F)F)c2)CC1. The Morgan fingerprint density at radius 1 is 1.20 bits per heavy atom. The number of carbonyl (C=O) groups is 2. The number of hydrogen-bond acceptors (Lipinski definition) is 4. The summed E-state index contributed by atoms with van der Waals surface area (Å²) in [4.78, 5) is 25.0. The predicted molar refractivity (Wildman–Crippen MR) is 103 cm³/mol. The minimum Gasteiger partial charge on any atom is -0.352 e. The monoisotopic (exact) mass is 450 g/mol. The zero-order valence-electron chi connectivity index (χ0n) is 16.6. The fourth-order valence-electron chi connectivity index (χ4n) is 3.16. The second kappa shape index (κ2) is 9.21. The summed E-state index contributed by atoms with van der Waals surface area (Å²) >= 11 is 0. The lowest BCUT2D eigenvalue weighted by Gasteiger charge is -2.36. The van der Waals surface area contributed by atoms with Crippen LogP contribution in [0.2, 0.25) is 0 Å². The molecule has 0 aromatic heterocycles. The number of halogens is 3. The lowest BCUT2D eigenvalue weighted by Crippen LogP contribution is -2.57. The van der Waals surface area contributed by atoms with Gasteiger partial charge < -0.3 is 16.0 Å². The van der Waals surface area contributed by atoms with Gasteiger partial charge in [0.1, 0.15) is 6.04 Å². The molecule has 1 aromatic rings. The Bertz CT molecular complexity index is 884. The van der Waals surface area contributed by atoms with E-state index >= 15 is 0 Å². The van der Waals surface area contributed by atoms with Gasteiger partial charge in [0.25, 0.3) is 0 Å².